The molecule has 20 heteroatoms. The summed E-state index contributed by atoms with van der Waals surface area (Å²) in [7, 11) is 0. The monoisotopic (exact) mass is 924 g/mol. The van der Waals surface area contributed by atoms with Crippen molar-refractivity contribution in [2.45, 2.75) is 45.8 Å². The summed E-state index contributed by atoms with van der Waals surface area (Å²) < 4.78 is 40.0. The zero-order valence-corrected chi connectivity index (χ0v) is 38.8. The number of thioether (sulfide) groups is 2. The van der Waals surface area contributed by atoms with Crippen molar-refractivity contribution < 1.29 is 37.4 Å². The third-order valence-corrected chi connectivity index (χ3v) is 12.1. The van der Waals surface area contributed by atoms with Crippen LogP contribution in [0, 0.1) is 11.6 Å². The van der Waals surface area contributed by atoms with Crippen LogP contribution in [-0.4, -0.2) is 158 Å². The lowest BCUT2D eigenvalue weighted by Crippen LogP contribution is -2.49. The van der Waals surface area contributed by atoms with Crippen molar-refractivity contribution >= 4 is 105 Å². The molecule has 4 aliphatic rings. The largest absolute Gasteiger partial charge is 0.443 e. The molecule has 6 rings (SSSR count). The molecule has 4 saturated heterocycles. The van der Waals surface area contributed by atoms with Gasteiger partial charge in [0.1, 0.15) is 23.8 Å². The van der Waals surface area contributed by atoms with Crippen LogP contribution in [0.15, 0.2) is 36.4 Å². The zero-order chi connectivity index (χ0) is 44.6. The molecular weight excluding hydrogens is 867 g/mol. The molecule has 14 nitrogen and oxygen atoms in total. The lowest BCUT2D eigenvalue weighted by molar-refractivity contribution is -0.129. The molecule has 0 saturated carbocycles. The number of cyclic esters (lactones) is 2. The fourth-order valence-corrected chi connectivity index (χ4v) is 7.65. The number of ether oxygens (including phenoxy) is 2. The Kier molecular flexibility index (Phi) is 20.0. The minimum atomic E-state index is -0.506. The van der Waals surface area contributed by atoms with Crippen molar-refractivity contribution in [2.24, 2.45) is 5.73 Å². The van der Waals surface area contributed by atoms with E-state index in [-0.39, 0.29) is 30.6 Å². The molecule has 336 valence electrons. The fourth-order valence-electron chi connectivity index (χ4n) is 6.71. The fraction of sp³-hybridized carbons (Fsp3) is 0.561. The lowest BCUT2D eigenvalue weighted by atomic mass is 10.2. The minimum absolute atomic E-state index is 0.120. The highest BCUT2D eigenvalue weighted by Crippen LogP contribution is 2.30. The van der Waals surface area contributed by atoms with Crippen LogP contribution in [0.1, 0.15) is 33.6 Å². The van der Waals surface area contributed by atoms with Gasteiger partial charge in [0, 0.05) is 58.9 Å². The summed E-state index contributed by atoms with van der Waals surface area (Å²) >= 11 is 12.8. The van der Waals surface area contributed by atoms with Crippen LogP contribution >= 0.6 is 48.0 Å². The zero-order valence-electron chi connectivity index (χ0n) is 35.5. The van der Waals surface area contributed by atoms with Crippen LogP contribution in [0.3, 0.4) is 0 Å². The van der Waals surface area contributed by atoms with Crippen LogP contribution in [0.5, 0.6) is 0 Å². The number of piperazine rings is 2. The van der Waals surface area contributed by atoms with E-state index in [9.17, 15) is 28.0 Å². The highest BCUT2D eigenvalue weighted by molar-refractivity contribution is 7.99. The van der Waals surface area contributed by atoms with Crippen molar-refractivity contribution in [2.75, 3.05) is 122 Å². The SMILES string of the molecule is CCC(=S)NC[C@H]1CN(c2ccc(N3CCN(C(=O)CSC)CC3)c(F)c2)C(=O)O1.CCC(C)=S.CSCC(=O)N1CCN(c2ccc(N3C[C@H](CN)OC3=O)cc2F)CC1. The predicted octanol–water partition coefficient (Wildman–Crippen LogP) is 5.40. The molecule has 0 bridgehead atoms. The maximum absolute atomic E-state index is 14.9. The first-order valence-electron chi connectivity index (χ1n) is 20.3. The van der Waals surface area contributed by atoms with Crippen LogP contribution in [0.25, 0.3) is 0 Å². The molecule has 0 unspecified atom stereocenters. The number of benzene rings is 2. The van der Waals surface area contributed by atoms with E-state index in [4.69, 9.17) is 39.6 Å². The topological polar surface area (TPSA) is 144 Å². The number of rotatable bonds is 13. The van der Waals surface area contributed by atoms with Gasteiger partial charge in [0.25, 0.3) is 0 Å². The molecular formula is C41H58F2N8O6S4. The molecule has 0 radical (unpaired) electrons. The molecule has 4 fully saturated rings. The number of hydrogen-bond donors (Lipinski definition) is 2. The van der Waals surface area contributed by atoms with Gasteiger partial charge in [-0.1, -0.05) is 38.3 Å². The third-order valence-electron chi connectivity index (χ3n) is 10.3. The smallest absolute Gasteiger partial charge is 0.414 e. The highest BCUT2D eigenvalue weighted by Gasteiger charge is 2.34. The lowest BCUT2D eigenvalue weighted by Gasteiger charge is -2.36. The number of carbonyl (C=O) groups excluding carboxylic acids is 4. The van der Waals surface area contributed by atoms with Gasteiger partial charge in [0.2, 0.25) is 11.8 Å². The van der Waals surface area contributed by atoms with Crippen LogP contribution in [-0.2, 0) is 19.1 Å². The van der Waals surface area contributed by atoms with Gasteiger partial charge in [-0.2, -0.15) is 23.5 Å². The molecule has 3 N–H and O–H groups in total. The van der Waals surface area contributed by atoms with E-state index < -0.39 is 23.8 Å². The van der Waals surface area contributed by atoms with E-state index in [1.54, 1.807) is 24.3 Å². The third kappa shape index (κ3) is 14.3. The van der Waals surface area contributed by atoms with Crippen LogP contribution in [0.2, 0.25) is 0 Å². The average Bonchev–Trinajstić information content (AvgIpc) is 3.84. The maximum Gasteiger partial charge on any atom is 0.414 e. The van der Waals surface area contributed by atoms with Crippen molar-refractivity contribution in [1.29, 1.82) is 0 Å². The molecule has 2 aromatic rings. The summed E-state index contributed by atoms with van der Waals surface area (Å²) in [5, 5.41) is 3.07. The van der Waals surface area contributed by atoms with Crippen LogP contribution < -0.4 is 30.7 Å². The Morgan fingerprint density at radius 2 is 1.15 bits per heavy atom. The highest BCUT2D eigenvalue weighted by atomic mass is 32.2. The second-order valence-electron chi connectivity index (χ2n) is 14.6. The number of nitrogens with two attached hydrogens (primary N) is 1. The molecule has 2 atom stereocenters. The number of carbonyl (C=O) groups is 4. The van der Waals surface area contributed by atoms with Crippen LogP contribution in [0.4, 0.5) is 41.1 Å². The molecule has 0 aliphatic carbocycles. The summed E-state index contributed by atoms with van der Waals surface area (Å²) in [5.74, 6) is 0.395. The Labute approximate surface area is 377 Å². The second kappa shape index (κ2) is 24.6. The van der Waals surface area contributed by atoms with Gasteiger partial charge in [-0.05, 0) is 73.5 Å². The number of nitrogens with zero attached hydrogens (tertiary/aromatic N) is 6. The molecule has 4 amide bonds. The summed E-state index contributed by atoms with van der Waals surface area (Å²) in [6.07, 6.45) is 3.87. The van der Waals surface area contributed by atoms with E-state index >= 15 is 0 Å². The molecule has 4 heterocycles. The normalized spacial score (nSPS) is 18.8. The average molecular weight is 925 g/mol. The number of thiocarbonyl (C=S) groups is 2. The van der Waals surface area contributed by atoms with E-state index in [0.29, 0.717) is 106 Å². The quantitative estimate of drug-likeness (QED) is 0.248. The Balaban J connectivity index is 0.000000244. The van der Waals surface area contributed by atoms with Gasteiger partial charge < -0.3 is 40.1 Å². The summed E-state index contributed by atoms with van der Waals surface area (Å²) in [5.41, 5.74) is 7.41. The Morgan fingerprint density at radius 1 is 0.738 bits per heavy atom. The molecule has 4 aliphatic heterocycles. The molecule has 0 aromatic heterocycles. The van der Waals surface area contributed by atoms with E-state index in [0.717, 1.165) is 22.7 Å². The molecule has 0 spiro atoms. The standard InChI is InChI=1S/C20H27FN4O3S2.C17H23FN4O3S.C4H8S/c1-3-18(29)22-11-15-12-25(20(27)28-15)14-4-5-17(16(21)10-14)23-6-8-24(9-7-23)19(26)13-30-2;1-26-11-16(23)21-6-4-20(5-7-21)15-3-2-12(8-14(15)18)22-10-13(9-19)25-17(22)24;1-3-4(2)5/h4-5,10,15H,3,6-9,11-13H2,1-2H3,(H,22,29);2-3,8,13H,4-7,9-11,19H2,1H3;3H2,1-2H3/t15-;13-;/m00./s1. The van der Waals surface area contributed by atoms with Gasteiger partial charge in [0.05, 0.1) is 58.9 Å². The number of halogens is 2. The second-order valence-corrected chi connectivity index (χ2v) is 17.5. The molecule has 2 aromatic carbocycles. The summed E-state index contributed by atoms with van der Waals surface area (Å²) in [4.78, 5) is 60.2. The molecule has 61 heavy (non-hydrogen) atoms. The van der Waals surface area contributed by atoms with Gasteiger partial charge in [-0.25, -0.2) is 18.4 Å². The van der Waals surface area contributed by atoms with E-state index in [1.165, 1.54) is 45.5 Å². The van der Waals surface area contributed by atoms with Crippen molar-refractivity contribution in [3.05, 3.63) is 48.0 Å². The predicted molar refractivity (Wildman–Crippen MR) is 251 cm³/mol. The Morgan fingerprint density at radius 3 is 1.49 bits per heavy atom. The Bertz CT molecular complexity index is 1850. The van der Waals surface area contributed by atoms with E-state index in [2.05, 4.69) is 12.2 Å². The number of amides is 4. The van der Waals surface area contributed by atoms with Gasteiger partial charge >= 0.3 is 12.2 Å². The van der Waals surface area contributed by atoms with Gasteiger partial charge in [-0.15, -0.1) is 0 Å². The minimum Gasteiger partial charge on any atom is -0.443 e. The maximum atomic E-state index is 14.9. The van der Waals surface area contributed by atoms with Crippen molar-refractivity contribution in [1.82, 2.24) is 15.1 Å². The summed E-state index contributed by atoms with van der Waals surface area (Å²) in [6.45, 7) is 11.9. The first-order chi connectivity index (χ1) is 29.2. The van der Waals surface area contributed by atoms with Crippen molar-refractivity contribution in [3.8, 4) is 0 Å². The first kappa shape index (κ1) is 49.7. The van der Waals surface area contributed by atoms with Gasteiger partial charge in [-0.3, -0.25) is 19.4 Å². The number of hydrogen-bond acceptors (Lipinski definition) is 13. The van der Waals surface area contributed by atoms with Gasteiger partial charge in [0.15, 0.2) is 0 Å². The van der Waals surface area contributed by atoms with E-state index in [1.807, 2.05) is 46.0 Å². The first-order valence-corrected chi connectivity index (χ1v) is 23.9. The number of anilines is 4. The summed E-state index contributed by atoms with van der Waals surface area (Å²) in [6, 6.07) is 9.53. The Hall–Kier alpha value is -3.98. The number of nitrogens with one attached hydrogen (secondary N) is 1. The van der Waals surface area contributed by atoms with Crippen molar-refractivity contribution in [3.63, 3.8) is 0 Å².